The zero-order valence-electron chi connectivity index (χ0n) is 17.3. The van der Waals surface area contributed by atoms with E-state index < -0.39 is 0 Å². The second kappa shape index (κ2) is 7.99. The molecule has 2 heterocycles. The van der Waals surface area contributed by atoms with Crippen LogP contribution in [0.5, 0.6) is 11.5 Å². The summed E-state index contributed by atoms with van der Waals surface area (Å²) >= 11 is 0. The van der Waals surface area contributed by atoms with Crippen LogP contribution in [0.1, 0.15) is 22.4 Å². The Kier molecular flexibility index (Phi) is 5.25. The highest BCUT2D eigenvalue weighted by atomic mass is 16.5. The molecule has 4 rings (SSSR count). The fourth-order valence-corrected chi connectivity index (χ4v) is 3.61. The van der Waals surface area contributed by atoms with Gasteiger partial charge >= 0.3 is 0 Å². The summed E-state index contributed by atoms with van der Waals surface area (Å²) in [6, 6.07) is 14.4. The number of ether oxygens (including phenoxy) is 2. The van der Waals surface area contributed by atoms with E-state index >= 15 is 0 Å². The molecule has 0 aliphatic carbocycles. The Labute approximate surface area is 171 Å². The molecule has 0 atom stereocenters. The van der Waals surface area contributed by atoms with Gasteiger partial charge in [-0.3, -0.25) is 0 Å². The first-order chi connectivity index (χ1) is 14.1. The predicted octanol–water partition coefficient (Wildman–Crippen LogP) is 4.42. The monoisotopic (exact) mass is 390 g/mol. The van der Waals surface area contributed by atoms with E-state index in [0.717, 1.165) is 48.2 Å². The van der Waals surface area contributed by atoms with Gasteiger partial charge in [0, 0.05) is 30.5 Å². The Morgan fingerprint density at radius 1 is 0.897 bits per heavy atom. The number of rotatable bonds is 5. The molecular formula is C23H26N4O2. The summed E-state index contributed by atoms with van der Waals surface area (Å²) in [6.45, 7) is 5.74. The van der Waals surface area contributed by atoms with Gasteiger partial charge in [0.05, 0.1) is 14.2 Å². The number of benzene rings is 2. The Morgan fingerprint density at radius 3 is 2.28 bits per heavy atom. The number of nitrogens with zero attached hydrogens (tertiary/aromatic N) is 3. The molecule has 1 aliphatic rings. The van der Waals surface area contributed by atoms with Gasteiger partial charge in [0.15, 0.2) is 11.5 Å². The van der Waals surface area contributed by atoms with Crippen molar-refractivity contribution in [2.24, 2.45) is 0 Å². The first-order valence-corrected chi connectivity index (χ1v) is 9.74. The molecule has 1 N–H and O–H groups in total. The van der Waals surface area contributed by atoms with Gasteiger partial charge in [-0.15, -0.1) is 0 Å². The summed E-state index contributed by atoms with van der Waals surface area (Å²) in [5, 5.41) is 3.32. The van der Waals surface area contributed by atoms with Crippen molar-refractivity contribution in [1.82, 2.24) is 9.97 Å². The van der Waals surface area contributed by atoms with E-state index in [4.69, 9.17) is 14.5 Å². The van der Waals surface area contributed by atoms with Crippen molar-refractivity contribution < 1.29 is 9.47 Å². The number of hydrogen-bond acceptors (Lipinski definition) is 6. The Bertz CT molecular complexity index is 1020. The SMILES string of the molecule is COc1cc2c(cc1OC)CN(c1cc(C)nc(Nc3ccc(C)cc3)n1)CC2. The van der Waals surface area contributed by atoms with Crippen LogP contribution >= 0.6 is 0 Å². The number of aryl methyl sites for hydroxylation is 2. The second-order valence-electron chi connectivity index (χ2n) is 7.33. The molecule has 0 fully saturated rings. The summed E-state index contributed by atoms with van der Waals surface area (Å²) in [6.07, 6.45) is 0.930. The highest BCUT2D eigenvalue weighted by molar-refractivity contribution is 5.57. The van der Waals surface area contributed by atoms with Crippen molar-refractivity contribution in [3.05, 3.63) is 64.8 Å². The van der Waals surface area contributed by atoms with Crippen molar-refractivity contribution in [1.29, 1.82) is 0 Å². The van der Waals surface area contributed by atoms with E-state index in [0.29, 0.717) is 5.95 Å². The van der Waals surface area contributed by atoms with E-state index in [1.54, 1.807) is 14.2 Å². The number of hydrogen-bond donors (Lipinski definition) is 1. The van der Waals surface area contributed by atoms with E-state index in [-0.39, 0.29) is 0 Å². The molecular weight excluding hydrogens is 364 g/mol. The highest BCUT2D eigenvalue weighted by Gasteiger charge is 2.21. The van der Waals surface area contributed by atoms with Crippen LogP contribution in [-0.2, 0) is 13.0 Å². The lowest BCUT2D eigenvalue weighted by Gasteiger charge is -2.30. The molecule has 1 aliphatic heterocycles. The summed E-state index contributed by atoms with van der Waals surface area (Å²) in [7, 11) is 3.34. The Balaban J connectivity index is 1.59. The van der Waals surface area contributed by atoms with Crippen LogP contribution in [0.4, 0.5) is 17.5 Å². The van der Waals surface area contributed by atoms with Crippen LogP contribution in [0.15, 0.2) is 42.5 Å². The third-order valence-electron chi connectivity index (χ3n) is 5.19. The smallest absolute Gasteiger partial charge is 0.229 e. The van der Waals surface area contributed by atoms with E-state index in [1.165, 1.54) is 16.7 Å². The van der Waals surface area contributed by atoms with Gasteiger partial charge in [-0.25, -0.2) is 4.98 Å². The minimum Gasteiger partial charge on any atom is -0.493 e. The minimum absolute atomic E-state index is 0.613. The third kappa shape index (κ3) is 4.11. The Morgan fingerprint density at radius 2 is 1.59 bits per heavy atom. The van der Waals surface area contributed by atoms with Gasteiger partial charge in [-0.1, -0.05) is 17.7 Å². The summed E-state index contributed by atoms with van der Waals surface area (Å²) in [4.78, 5) is 11.6. The lowest BCUT2D eigenvalue weighted by molar-refractivity contribution is 0.353. The number of aromatic nitrogens is 2. The Hall–Kier alpha value is -3.28. The molecule has 0 spiro atoms. The molecule has 6 heteroatoms. The molecule has 2 aromatic carbocycles. The second-order valence-corrected chi connectivity index (χ2v) is 7.33. The van der Waals surface area contributed by atoms with Gasteiger partial charge in [-0.05, 0) is 55.7 Å². The van der Waals surface area contributed by atoms with Gasteiger partial charge in [0.2, 0.25) is 5.95 Å². The third-order valence-corrected chi connectivity index (χ3v) is 5.19. The number of fused-ring (bicyclic) bond motifs is 1. The van der Waals surface area contributed by atoms with Crippen molar-refractivity contribution >= 4 is 17.5 Å². The number of methoxy groups -OCH3 is 2. The minimum atomic E-state index is 0.613. The van der Waals surface area contributed by atoms with Crippen LogP contribution in [0, 0.1) is 13.8 Å². The van der Waals surface area contributed by atoms with E-state index in [2.05, 4.69) is 46.4 Å². The first kappa shape index (κ1) is 19.1. The van der Waals surface area contributed by atoms with Crippen LogP contribution < -0.4 is 19.7 Å². The van der Waals surface area contributed by atoms with Gasteiger partial charge in [-0.2, -0.15) is 4.98 Å². The van der Waals surface area contributed by atoms with Crippen LogP contribution in [0.25, 0.3) is 0 Å². The quantitative estimate of drug-likeness (QED) is 0.696. The molecule has 3 aromatic rings. The molecule has 0 bridgehead atoms. The molecule has 0 saturated heterocycles. The zero-order valence-corrected chi connectivity index (χ0v) is 17.3. The fraction of sp³-hybridized carbons (Fsp3) is 0.304. The molecule has 0 unspecified atom stereocenters. The zero-order chi connectivity index (χ0) is 20.4. The highest BCUT2D eigenvalue weighted by Crippen LogP contribution is 2.34. The van der Waals surface area contributed by atoms with Gasteiger partial charge in [0.1, 0.15) is 5.82 Å². The summed E-state index contributed by atoms with van der Waals surface area (Å²) in [5.41, 5.74) is 5.66. The van der Waals surface area contributed by atoms with E-state index in [1.807, 2.05) is 25.1 Å². The normalized spacial score (nSPS) is 13.0. The first-order valence-electron chi connectivity index (χ1n) is 9.74. The van der Waals surface area contributed by atoms with Crippen LogP contribution in [-0.4, -0.2) is 30.7 Å². The lowest BCUT2D eigenvalue weighted by atomic mass is 9.99. The predicted molar refractivity (Wildman–Crippen MR) is 116 cm³/mol. The molecule has 0 amide bonds. The molecule has 150 valence electrons. The summed E-state index contributed by atoms with van der Waals surface area (Å²) < 4.78 is 10.9. The number of nitrogens with one attached hydrogen (secondary N) is 1. The van der Waals surface area contributed by atoms with Crippen molar-refractivity contribution in [3.63, 3.8) is 0 Å². The maximum absolute atomic E-state index is 5.48. The van der Waals surface area contributed by atoms with E-state index in [9.17, 15) is 0 Å². The largest absolute Gasteiger partial charge is 0.493 e. The lowest BCUT2D eigenvalue weighted by Crippen LogP contribution is -2.31. The topological polar surface area (TPSA) is 59.5 Å². The molecule has 29 heavy (non-hydrogen) atoms. The van der Waals surface area contributed by atoms with Gasteiger partial charge in [0.25, 0.3) is 0 Å². The van der Waals surface area contributed by atoms with Crippen LogP contribution in [0.2, 0.25) is 0 Å². The fourth-order valence-electron chi connectivity index (χ4n) is 3.61. The van der Waals surface area contributed by atoms with Crippen molar-refractivity contribution in [2.45, 2.75) is 26.8 Å². The summed E-state index contributed by atoms with van der Waals surface area (Å²) in [5.74, 6) is 3.07. The van der Waals surface area contributed by atoms with Gasteiger partial charge < -0.3 is 19.7 Å². The molecule has 1 aromatic heterocycles. The molecule has 0 radical (unpaired) electrons. The maximum atomic E-state index is 5.48. The van der Waals surface area contributed by atoms with Crippen molar-refractivity contribution in [3.8, 4) is 11.5 Å². The molecule has 0 saturated carbocycles. The molecule has 6 nitrogen and oxygen atoms in total. The standard InChI is InChI=1S/C23H26N4O2/c1-15-5-7-19(8-6-15)25-23-24-16(2)11-22(26-23)27-10-9-17-12-20(28-3)21(29-4)13-18(17)14-27/h5-8,11-13H,9-10,14H2,1-4H3,(H,24,25,26). The van der Waals surface area contributed by atoms with Crippen LogP contribution in [0.3, 0.4) is 0 Å². The average molecular weight is 390 g/mol. The number of anilines is 3. The van der Waals surface area contributed by atoms with Crippen molar-refractivity contribution in [2.75, 3.05) is 31.0 Å². The average Bonchev–Trinajstić information content (AvgIpc) is 2.73. The maximum Gasteiger partial charge on any atom is 0.229 e.